The summed E-state index contributed by atoms with van der Waals surface area (Å²) in [4.78, 5) is 49.0. The largest absolute Gasteiger partial charge is 0.492 e. The van der Waals surface area contributed by atoms with E-state index in [0.29, 0.717) is 10.8 Å². The Morgan fingerprint density at radius 2 is 1.93 bits per heavy atom. The maximum Gasteiger partial charge on any atom is 0.326 e. The van der Waals surface area contributed by atoms with E-state index < -0.39 is 18.5 Å². The van der Waals surface area contributed by atoms with Gasteiger partial charge in [-0.05, 0) is 30.7 Å². The number of nitrogens with zero attached hydrogens (tertiary/aromatic N) is 2. The van der Waals surface area contributed by atoms with Gasteiger partial charge in [-0.3, -0.25) is 19.3 Å². The van der Waals surface area contributed by atoms with E-state index in [4.69, 9.17) is 21.1 Å². The highest BCUT2D eigenvalue weighted by Crippen LogP contribution is 2.15. The van der Waals surface area contributed by atoms with Gasteiger partial charge in [0.25, 0.3) is 5.91 Å². The van der Waals surface area contributed by atoms with Crippen LogP contribution in [-0.2, 0) is 19.1 Å². The summed E-state index contributed by atoms with van der Waals surface area (Å²) in [6, 6.07) is 6.45. The Hall–Kier alpha value is -2.81. The van der Waals surface area contributed by atoms with Gasteiger partial charge in [0.05, 0.1) is 6.54 Å². The summed E-state index contributed by atoms with van der Waals surface area (Å²) in [5.41, 5.74) is 0. The molecule has 152 valence electrons. The van der Waals surface area contributed by atoms with Gasteiger partial charge in [0.2, 0.25) is 5.91 Å². The van der Waals surface area contributed by atoms with Crippen LogP contribution in [-0.4, -0.2) is 73.5 Å². The van der Waals surface area contributed by atoms with Crippen molar-refractivity contribution < 1.29 is 28.7 Å². The van der Waals surface area contributed by atoms with Crippen LogP contribution in [0.4, 0.5) is 4.79 Å². The van der Waals surface area contributed by atoms with Crippen LogP contribution in [0.2, 0.25) is 5.02 Å². The van der Waals surface area contributed by atoms with Crippen molar-refractivity contribution in [2.24, 2.45) is 0 Å². The molecule has 0 bridgehead atoms. The lowest BCUT2D eigenvalue weighted by molar-refractivity contribution is -0.148. The maximum atomic E-state index is 11.7. The summed E-state index contributed by atoms with van der Waals surface area (Å²) in [7, 11) is 1.54. The zero-order valence-corrected chi connectivity index (χ0v) is 16.2. The number of ether oxygens (including phenoxy) is 2. The van der Waals surface area contributed by atoms with Crippen molar-refractivity contribution in [2.45, 2.75) is 12.8 Å². The lowest BCUT2D eigenvalue weighted by atomic mass is 10.3. The summed E-state index contributed by atoms with van der Waals surface area (Å²) < 4.78 is 10.3. The molecule has 1 fully saturated rings. The van der Waals surface area contributed by atoms with Gasteiger partial charge in [-0.25, -0.2) is 4.79 Å². The van der Waals surface area contributed by atoms with E-state index in [0.717, 1.165) is 4.90 Å². The number of benzene rings is 1. The molecule has 1 aliphatic heterocycles. The number of halogens is 1. The molecule has 0 radical (unpaired) electrons. The van der Waals surface area contributed by atoms with Crippen LogP contribution in [0.5, 0.6) is 5.75 Å². The average molecular weight is 412 g/mol. The number of imide groups is 1. The fraction of sp³-hybridized carbons (Fsp3) is 0.444. The second kappa shape index (κ2) is 10.5. The standard InChI is InChI=1S/C18H22ClN3O6/c1-21-11-16(24)22(18(21)26)9-2-3-17(25)28-12-15(23)20-8-10-27-14-6-4-13(19)5-7-14/h4-7H,2-3,8-12H2,1H3,(H,20,23). The van der Waals surface area contributed by atoms with Crippen LogP contribution < -0.4 is 10.1 Å². The second-order valence-corrected chi connectivity index (χ2v) is 6.54. The summed E-state index contributed by atoms with van der Waals surface area (Å²) in [5.74, 6) is -0.674. The fourth-order valence-corrected chi connectivity index (χ4v) is 2.56. The van der Waals surface area contributed by atoms with E-state index in [2.05, 4.69) is 5.32 Å². The third kappa shape index (κ3) is 6.73. The molecule has 0 saturated carbocycles. The van der Waals surface area contributed by atoms with E-state index in [-0.39, 0.29) is 51.0 Å². The molecule has 1 N–H and O–H groups in total. The topological polar surface area (TPSA) is 105 Å². The summed E-state index contributed by atoms with van der Waals surface area (Å²) >= 11 is 5.77. The predicted molar refractivity (Wildman–Crippen MR) is 99.9 cm³/mol. The molecule has 0 unspecified atom stereocenters. The number of carbonyl (C=O) groups excluding carboxylic acids is 4. The van der Waals surface area contributed by atoms with Crippen LogP contribution in [0.25, 0.3) is 0 Å². The molecule has 1 saturated heterocycles. The first-order valence-corrected chi connectivity index (χ1v) is 9.11. The molecule has 0 aromatic heterocycles. The van der Waals surface area contributed by atoms with E-state index >= 15 is 0 Å². The molecule has 9 nitrogen and oxygen atoms in total. The van der Waals surface area contributed by atoms with Crippen LogP contribution in [0, 0.1) is 0 Å². The Balaban J connectivity index is 1.53. The van der Waals surface area contributed by atoms with Gasteiger partial charge in [-0.2, -0.15) is 0 Å². The lowest BCUT2D eigenvalue weighted by Gasteiger charge is -2.13. The van der Waals surface area contributed by atoms with Gasteiger partial charge in [0.1, 0.15) is 18.9 Å². The minimum absolute atomic E-state index is 0.00767. The molecule has 1 aliphatic rings. The first-order chi connectivity index (χ1) is 13.4. The normalized spacial score (nSPS) is 13.6. The highest BCUT2D eigenvalue weighted by Gasteiger charge is 2.32. The van der Waals surface area contributed by atoms with Gasteiger partial charge < -0.3 is 19.7 Å². The molecule has 1 aromatic rings. The molecule has 4 amide bonds. The average Bonchev–Trinajstić information content (AvgIpc) is 2.91. The number of likely N-dealkylation sites (N-methyl/N-ethyl adjacent to an activating group) is 1. The minimum atomic E-state index is -0.569. The van der Waals surface area contributed by atoms with E-state index in [1.807, 2.05) is 0 Å². The summed E-state index contributed by atoms with van der Waals surface area (Å²) in [6.07, 6.45) is 0.286. The number of urea groups is 1. The highest BCUT2D eigenvalue weighted by molar-refractivity contribution is 6.30. The van der Waals surface area contributed by atoms with Crippen molar-refractivity contribution in [3.8, 4) is 5.75 Å². The molecular weight excluding hydrogens is 390 g/mol. The number of esters is 1. The monoisotopic (exact) mass is 411 g/mol. The first kappa shape index (κ1) is 21.5. The summed E-state index contributed by atoms with van der Waals surface area (Å²) in [6.45, 7) is 0.306. The molecular formula is C18H22ClN3O6. The van der Waals surface area contributed by atoms with Crippen LogP contribution >= 0.6 is 11.6 Å². The van der Waals surface area contributed by atoms with Crippen molar-refractivity contribution in [2.75, 3.05) is 39.9 Å². The smallest absolute Gasteiger partial charge is 0.326 e. The van der Waals surface area contributed by atoms with Gasteiger partial charge in [0, 0.05) is 25.0 Å². The lowest BCUT2D eigenvalue weighted by Crippen LogP contribution is -2.33. The van der Waals surface area contributed by atoms with E-state index in [9.17, 15) is 19.2 Å². The van der Waals surface area contributed by atoms with Gasteiger partial charge in [-0.15, -0.1) is 0 Å². The molecule has 10 heteroatoms. The number of nitrogens with one attached hydrogen (secondary N) is 1. The second-order valence-electron chi connectivity index (χ2n) is 6.10. The number of rotatable bonds is 10. The molecule has 1 aromatic carbocycles. The number of hydrogen-bond acceptors (Lipinski definition) is 6. The zero-order valence-electron chi connectivity index (χ0n) is 15.5. The van der Waals surface area contributed by atoms with Crippen molar-refractivity contribution in [3.63, 3.8) is 0 Å². The molecule has 0 spiro atoms. The Bertz CT molecular complexity index is 725. The fourth-order valence-electron chi connectivity index (χ4n) is 2.43. The third-order valence-electron chi connectivity index (χ3n) is 3.86. The number of amides is 4. The third-order valence-corrected chi connectivity index (χ3v) is 4.12. The van der Waals surface area contributed by atoms with Crippen molar-refractivity contribution in [3.05, 3.63) is 29.3 Å². The van der Waals surface area contributed by atoms with Crippen molar-refractivity contribution in [1.82, 2.24) is 15.1 Å². The molecule has 2 rings (SSSR count). The number of hydrogen-bond donors (Lipinski definition) is 1. The number of carbonyl (C=O) groups is 4. The van der Waals surface area contributed by atoms with Crippen molar-refractivity contribution >= 4 is 35.4 Å². The van der Waals surface area contributed by atoms with E-state index in [1.54, 1.807) is 24.3 Å². The first-order valence-electron chi connectivity index (χ1n) is 8.73. The Morgan fingerprint density at radius 3 is 2.57 bits per heavy atom. The molecule has 1 heterocycles. The van der Waals surface area contributed by atoms with E-state index in [1.165, 1.54) is 11.9 Å². The van der Waals surface area contributed by atoms with Gasteiger partial charge >= 0.3 is 12.0 Å². The summed E-state index contributed by atoms with van der Waals surface area (Å²) in [5, 5.41) is 3.17. The minimum Gasteiger partial charge on any atom is -0.492 e. The SMILES string of the molecule is CN1CC(=O)N(CCCC(=O)OCC(=O)NCCOc2ccc(Cl)cc2)C1=O. The van der Waals surface area contributed by atoms with Crippen LogP contribution in [0.1, 0.15) is 12.8 Å². The van der Waals surface area contributed by atoms with Gasteiger partial charge in [-0.1, -0.05) is 11.6 Å². The molecule has 0 atom stereocenters. The Kier molecular flexibility index (Phi) is 8.06. The van der Waals surface area contributed by atoms with Gasteiger partial charge in [0.15, 0.2) is 6.61 Å². The van der Waals surface area contributed by atoms with Crippen LogP contribution in [0.3, 0.4) is 0 Å². The molecule has 28 heavy (non-hydrogen) atoms. The predicted octanol–water partition coefficient (Wildman–Crippen LogP) is 1.05. The Morgan fingerprint density at radius 1 is 1.21 bits per heavy atom. The maximum absolute atomic E-state index is 11.7. The zero-order chi connectivity index (χ0) is 20.5. The highest BCUT2D eigenvalue weighted by atomic mass is 35.5. The van der Waals surface area contributed by atoms with Crippen molar-refractivity contribution in [1.29, 1.82) is 0 Å². The van der Waals surface area contributed by atoms with Crippen LogP contribution in [0.15, 0.2) is 24.3 Å². The Labute approximate surface area is 167 Å². The molecule has 0 aliphatic carbocycles. The quantitative estimate of drug-likeness (QED) is 0.350.